The second-order valence-electron chi connectivity index (χ2n) is 4.53. The summed E-state index contributed by atoms with van der Waals surface area (Å²) in [5.74, 6) is -0.113. The number of aliphatic carboxylic acids is 1. The van der Waals surface area contributed by atoms with Crippen molar-refractivity contribution in [1.82, 2.24) is 14.5 Å². The minimum Gasteiger partial charge on any atom is -0.480 e. The summed E-state index contributed by atoms with van der Waals surface area (Å²) in [4.78, 5) is 19.9. The van der Waals surface area contributed by atoms with E-state index in [1.54, 1.807) is 12.4 Å². The van der Waals surface area contributed by atoms with E-state index in [2.05, 4.69) is 25.9 Å². The third-order valence-electron chi connectivity index (χ3n) is 3.39. The van der Waals surface area contributed by atoms with Gasteiger partial charge in [0.25, 0.3) is 0 Å². The molecule has 0 amide bonds. The Morgan fingerprint density at radius 1 is 1.42 bits per heavy atom. The predicted molar refractivity (Wildman–Crippen MR) is 72.8 cm³/mol. The first kappa shape index (κ1) is 12.3. The number of hydrogen-bond donors (Lipinski definition) is 1. The van der Waals surface area contributed by atoms with E-state index in [1.165, 1.54) is 0 Å². The van der Waals surface area contributed by atoms with Crippen LogP contribution in [0, 0.1) is 0 Å². The zero-order valence-corrected chi connectivity index (χ0v) is 11.7. The first-order chi connectivity index (χ1) is 9.18. The van der Waals surface area contributed by atoms with Crippen molar-refractivity contribution in [3.63, 3.8) is 0 Å². The van der Waals surface area contributed by atoms with Gasteiger partial charge in [-0.15, -0.1) is 0 Å². The van der Waals surface area contributed by atoms with Crippen LogP contribution in [-0.2, 0) is 11.2 Å². The molecule has 3 heterocycles. The van der Waals surface area contributed by atoms with Crippen molar-refractivity contribution in [2.24, 2.45) is 0 Å². The molecule has 1 unspecified atom stereocenters. The van der Waals surface area contributed by atoms with Crippen LogP contribution in [0.25, 0.3) is 11.4 Å². The number of fused-ring (bicyclic) bond motifs is 1. The Morgan fingerprint density at radius 2 is 2.16 bits per heavy atom. The van der Waals surface area contributed by atoms with Gasteiger partial charge in [0.1, 0.15) is 16.5 Å². The third kappa shape index (κ3) is 2.06. The second kappa shape index (κ2) is 4.77. The normalized spacial score (nSPS) is 18.1. The van der Waals surface area contributed by atoms with Gasteiger partial charge in [-0.1, -0.05) is 0 Å². The quantitative estimate of drug-likeness (QED) is 0.923. The van der Waals surface area contributed by atoms with Gasteiger partial charge in [-0.2, -0.15) is 0 Å². The number of pyridine rings is 1. The number of carbonyl (C=O) groups is 1. The average molecular weight is 322 g/mol. The Morgan fingerprint density at radius 3 is 2.84 bits per heavy atom. The number of imidazole rings is 1. The first-order valence-corrected chi connectivity index (χ1v) is 6.87. The van der Waals surface area contributed by atoms with E-state index in [1.807, 2.05) is 16.7 Å². The summed E-state index contributed by atoms with van der Waals surface area (Å²) in [6.45, 7) is 0. The molecule has 3 rings (SSSR count). The number of aromatic nitrogens is 3. The molecule has 6 heteroatoms. The summed E-state index contributed by atoms with van der Waals surface area (Å²) in [6.07, 6.45) is 5.73. The van der Waals surface area contributed by atoms with Gasteiger partial charge in [-0.3, -0.25) is 4.98 Å². The van der Waals surface area contributed by atoms with Crippen LogP contribution in [-0.4, -0.2) is 25.6 Å². The smallest absolute Gasteiger partial charge is 0.326 e. The monoisotopic (exact) mass is 321 g/mol. The van der Waals surface area contributed by atoms with Crippen LogP contribution in [0.5, 0.6) is 0 Å². The molecule has 0 saturated carbocycles. The fourth-order valence-corrected chi connectivity index (χ4v) is 3.09. The Kier molecular flexibility index (Phi) is 3.10. The first-order valence-electron chi connectivity index (χ1n) is 6.08. The van der Waals surface area contributed by atoms with Gasteiger partial charge in [0.15, 0.2) is 0 Å². The molecule has 1 atom stereocenters. The number of nitrogens with zero attached hydrogens (tertiary/aromatic N) is 3. The number of carboxylic acid groups (broad SMARTS) is 1. The zero-order chi connectivity index (χ0) is 13.4. The van der Waals surface area contributed by atoms with Gasteiger partial charge in [0.2, 0.25) is 0 Å². The standard InChI is InChI=1S/C13H12BrN3O2/c14-11-9-2-1-3-10(13(18)19)17(9)12(16-11)8-4-6-15-7-5-8/h4-7,10H,1-3H2,(H,18,19). The van der Waals surface area contributed by atoms with Crippen molar-refractivity contribution in [2.75, 3.05) is 0 Å². The maximum Gasteiger partial charge on any atom is 0.326 e. The van der Waals surface area contributed by atoms with E-state index in [0.717, 1.165) is 28.7 Å². The maximum atomic E-state index is 11.4. The molecule has 0 radical (unpaired) electrons. The molecule has 19 heavy (non-hydrogen) atoms. The number of halogens is 1. The SMILES string of the molecule is O=C(O)C1CCCc2c(Br)nc(-c3ccncc3)n21. The molecular formula is C13H12BrN3O2. The van der Waals surface area contributed by atoms with Crippen LogP contribution >= 0.6 is 15.9 Å². The molecule has 98 valence electrons. The Balaban J connectivity index is 2.20. The molecule has 0 saturated heterocycles. The molecular weight excluding hydrogens is 310 g/mol. The average Bonchev–Trinajstić information content (AvgIpc) is 2.77. The van der Waals surface area contributed by atoms with E-state index in [9.17, 15) is 9.90 Å². The van der Waals surface area contributed by atoms with E-state index >= 15 is 0 Å². The van der Waals surface area contributed by atoms with Crippen molar-refractivity contribution in [3.8, 4) is 11.4 Å². The summed E-state index contributed by atoms with van der Waals surface area (Å²) in [5.41, 5.74) is 1.85. The Labute approximate surface area is 118 Å². The van der Waals surface area contributed by atoms with Crippen molar-refractivity contribution >= 4 is 21.9 Å². The van der Waals surface area contributed by atoms with Crippen molar-refractivity contribution in [3.05, 3.63) is 34.8 Å². The molecule has 5 nitrogen and oxygen atoms in total. The van der Waals surface area contributed by atoms with Gasteiger partial charge >= 0.3 is 5.97 Å². The van der Waals surface area contributed by atoms with Gasteiger partial charge in [-0.05, 0) is 47.3 Å². The molecule has 0 aliphatic carbocycles. The number of rotatable bonds is 2. The lowest BCUT2D eigenvalue weighted by molar-refractivity contribution is -0.141. The summed E-state index contributed by atoms with van der Waals surface area (Å²) in [6, 6.07) is 3.15. The fourth-order valence-electron chi connectivity index (χ4n) is 2.53. The van der Waals surface area contributed by atoms with Crippen LogP contribution < -0.4 is 0 Å². The molecule has 0 fully saturated rings. The summed E-state index contributed by atoms with van der Waals surface area (Å²) < 4.78 is 2.58. The van der Waals surface area contributed by atoms with Crippen molar-refractivity contribution in [2.45, 2.75) is 25.3 Å². The molecule has 0 spiro atoms. The molecule has 0 aromatic carbocycles. The molecule has 1 aliphatic rings. The van der Waals surface area contributed by atoms with Crippen molar-refractivity contribution < 1.29 is 9.90 Å². The lowest BCUT2D eigenvalue weighted by Crippen LogP contribution is -2.25. The van der Waals surface area contributed by atoms with E-state index in [-0.39, 0.29) is 0 Å². The highest BCUT2D eigenvalue weighted by molar-refractivity contribution is 9.10. The molecule has 2 aromatic heterocycles. The Hall–Kier alpha value is -1.69. The van der Waals surface area contributed by atoms with Crippen molar-refractivity contribution in [1.29, 1.82) is 0 Å². The summed E-state index contributed by atoms with van der Waals surface area (Å²) >= 11 is 3.44. The fraction of sp³-hybridized carbons (Fsp3) is 0.308. The summed E-state index contributed by atoms with van der Waals surface area (Å²) in [5, 5.41) is 9.39. The second-order valence-corrected chi connectivity index (χ2v) is 5.28. The minimum absolute atomic E-state index is 0.536. The highest BCUT2D eigenvalue weighted by Crippen LogP contribution is 2.35. The van der Waals surface area contributed by atoms with E-state index < -0.39 is 12.0 Å². The van der Waals surface area contributed by atoms with Crippen LogP contribution in [0.3, 0.4) is 0 Å². The van der Waals surface area contributed by atoms with E-state index in [4.69, 9.17) is 0 Å². The van der Waals surface area contributed by atoms with Gasteiger partial charge in [-0.25, -0.2) is 9.78 Å². The van der Waals surface area contributed by atoms with Crippen LogP contribution in [0.4, 0.5) is 0 Å². The molecule has 1 N–H and O–H groups in total. The van der Waals surface area contributed by atoms with Crippen LogP contribution in [0.1, 0.15) is 24.6 Å². The van der Waals surface area contributed by atoms with Gasteiger partial charge in [0, 0.05) is 18.0 Å². The van der Waals surface area contributed by atoms with Crippen LogP contribution in [0.15, 0.2) is 29.1 Å². The lowest BCUT2D eigenvalue weighted by Gasteiger charge is -2.24. The highest BCUT2D eigenvalue weighted by atomic mass is 79.9. The van der Waals surface area contributed by atoms with Gasteiger partial charge in [0.05, 0.1) is 5.69 Å². The molecule has 2 aromatic rings. The van der Waals surface area contributed by atoms with Gasteiger partial charge < -0.3 is 9.67 Å². The minimum atomic E-state index is -0.804. The highest BCUT2D eigenvalue weighted by Gasteiger charge is 2.30. The Bertz CT molecular complexity index is 624. The third-order valence-corrected chi connectivity index (χ3v) is 4.02. The topological polar surface area (TPSA) is 68.0 Å². The van der Waals surface area contributed by atoms with E-state index in [0.29, 0.717) is 12.2 Å². The number of carboxylic acids is 1. The molecule has 1 aliphatic heterocycles. The predicted octanol–water partition coefficient (Wildman–Crippen LogP) is 2.67. The summed E-state index contributed by atoms with van der Waals surface area (Å²) in [7, 11) is 0. The maximum absolute atomic E-state index is 11.4. The zero-order valence-electron chi connectivity index (χ0n) is 10.1. The van der Waals surface area contributed by atoms with Crippen LogP contribution in [0.2, 0.25) is 0 Å². The number of hydrogen-bond acceptors (Lipinski definition) is 3. The largest absolute Gasteiger partial charge is 0.480 e. The molecule has 0 bridgehead atoms. The lowest BCUT2D eigenvalue weighted by atomic mass is 10.0.